The fraction of sp³-hybridized carbons (Fsp3) is 0.467. The van der Waals surface area contributed by atoms with E-state index in [0.717, 1.165) is 23.4 Å². The van der Waals surface area contributed by atoms with Gasteiger partial charge in [0.15, 0.2) is 0 Å². The number of carbonyl (C=O) groups is 1. The molecule has 1 fully saturated rings. The van der Waals surface area contributed by atoms with E-state index in [4.69, 9.17) is 4.98 Å². The highest BCUT2D eigenvalue weighted by Crippen LogP contribution is 2.21. The molecule has 1 amide bonds. The Morgan fingerprint density at radius 1 is 1.35 bits per heavy atom. The van der Waals surface area contributed by atoms with E-state index in [-0.39, 0.29) is 11.9 Å². The van der Waals surface area contributed by atoms with E-state index in [0.29, 0.717) is 19.0 Å². The van der Waals surface area contributed by atoms with Crippen molar-refractivity contribution >= 4 is 16.9 Å². The highest BCUT2D eigenvalue weighted by Gasteiger charge is 2.24. The van der Waals surface area contributed by atoms with Crippen molar-refractivity contribution in [2.45, 2.75) is 32.4 Å². The summed E-state index contributed by atoms with van der Waals surface area (Å²) in [5, 5.41) is 6.16. The highest BCUT2D eigenvalue weighted by molar-refractivity contribution is 5.83. The SMILES string of the molecule is CC(C)n1c(CC2NCCNC2=O)nc2ccccc21. The molecule has 5 heteroatoms. The second-order valence-corrected chi connectivity index (χ2v) is 5.48. The number of piperazine rings is 1. The van der Waals surface area contributed by atoms with E-state index in [1.807, 2.05) is 18.2 Å². The summed E-state index contributed by atoms with van der Waals surface area (Å²) in [7, 11) is 0. The van der Waals surface area contributed by atoms with E-state index >= 15 is 0 Å². The van der Waals surface area contributed by atoms with E-state index in [2.05, 4.69) is 35.1 Å². The smallest absolute Gasteiger partial charge is 0.237 e. The first-order valence-corrected chi connectivity index (χ1v) is 7.14. The van der Waals surface area contributed by atoms with Crippen molar-refractivity contribution < 1.29 is 4.79 Å². The molecule has 106 valence electrons. The van der Waals surface area contributed by atoms with Gasteiger partial charge in [-0.1, -0.05) is 12.1 Å². The van der Waals surface area contributed by atoms with Crippen molar-refractivity contribution in [1.29, 1.82) is 0 Å². The predicted octanol–water partition coefficient (Wildman–Crippen LogP) is 1.25. The Morgan fingerprint density at radius 2 is 2.15 bits per heavy atom. The zero-order valence-corrected chi connectivity index (χ0v) is 11.9. The molecular weight excluding hydrogens is 252 g/mol. The number of para-hydroxylation sites is 2. The Balaban J connectivity index is 1.98. The van der Waals surface area contributed by atoms with Gasteiger partial charge in [-0.05, 0) is 26.0 Å². The van der Waals surface area contributed by atoms with Crippen LogP contribution in [0.4, 0.5) is 0 Å². The van der Waals surface area contributed by atoms with Crippen LogP contribution in [0.2, 0.25) is 0 Å². The maximum absolute atomic E-state index is 11.9. The quantitative estimate of drug-likeness (QED) is 0.884. The minimum atomic E-state index is -0.182. The summed E-state index contributed by atoms with van der Waals surface area (Å²) in [4.78, 5) is 16.6. The maximum atomic E-state index is 11.9. The summed E-state index contributed by atoms with van der Waals surface area (Å²) in [5.74, 6) is 1.04. The molecule has 0 saturated carbocycles. The first kappa shape index (κ1) is 13.1. The van der Waals surface area contributed by atoms with Crippen LogP contribution in [0, 0.1) is 0 Å². The predicted molar refractivity (Wildman–Crippen MR) is 78.6 cm³/mol. The third-order valence-corrected chi connectivity index (χ3v) is 3.70. The largest absolute Gasteiger partial charge is 0.353 e. The first-order chi connectivity index (χ1) is 9.66. The van der Waals surface area contributed by atoms with Gasteiger partial charge in [-0.2, -0.15) is 0 Å². The highest BCUT2D eigenvalue weighted by atomic mass is 16.2. The minimum absolute atomic E-state index is 0.0682. The molecule has 1 atom stereocenters. The molecule has 1 aromatic heterocycles. The Hall–Kier alpha value is -1.88. The zero-order chi connectivity index (χ0) is 14.1. The average Bonchev–Trinajstić information content (AvgIpc) is 2.79. The molecule has 2 aromatic rings. The third-order valence-electron chi connectivity index (χ3n) is 3.70. The lowest BCUT2D eigenvalue weighted by Crippen LogP contribution is -2.54. The summed E-state index contributed by atoms with van der Waals surface area (Å²) in [6, 6.07) is 8.27. The van der Waals surface area contributed by atoms with Crippen LogP contribution in [0.25, 0.3) is 11.0 Å². The number of benzene rings is 1. The van der Waals surface area contributed by atoms with Gasteiger partial charge in [-0.15, -0.1) is 0 Å². The lowest BCUT2D eigenvalue weighted by Gasteiger charge is -2.24. The molecule has 0 radical (unpaired) electrons. The molecule has 1 aliphatic heterocycles. The van der Waals surface area contributed by atoms with Crippen LogP contribution in [0.5, 0.6) is 0 Å². The van der Waals surface area contributed by atoms with E-state index < -0.39 is 0 Å². The van der Waals surface area contributed by atoms with Crippen LogP contribution in [0.3, 0.4) is 0 Å². The molecule has 1 unspecified atom stereocenters. The van der Waals surface area contributed by atoms with Crippen molar-refractivity contribution in [3.63, 3.8) is 0 Å². The summed E-state index contributed by atoms with van der Waals surface area (Å²) in [5.41, 5.74) is 2.13. The van der Waals surface area contributed by atoms with Crippen molar-refractivity contribution in [3.8, 4) is 0 Å². The lowest BCUT2D eigenvalue weighted by atomic mass is 10.1. The van der Waals surface area contributed by atoms with Crippen molar-refractivity contribution in [1.82, 2.24) is 20.2 Å². The van der Waals surface area contributed by atoms with Gasteiger partial charge in [0.05, 0.1) is 17.1 Å². The number of aromatic nitrogens is 2. The number of carbonyl (C=O) groups excluding carboxylic acids is 1. The van der Waals surface area contributed by atoms with Crippen LogP contribution in [-0.4, -0.2) is 34.6 Å². The van der Waals surface area contributed by atoms with Crippen molar-refractivity contribution in [3.05, 3.63) is 30.1 Å². The van der Waals surface area contributed by atoms with Crippen LogP contribution in [0.15, 0.2) is 24.3 Å². The van der Waals surface area contributed by atoms with Gasteiger partial charge >= 0.3 is 0 Å². The number of imidazole rings is 1. The number of rotatable bonds is 3. The molecule has 5 nitrogen and oxygen atoms in total. The summed E-state index contributed by atoms with van der Waals surface area (Å²) >= 11 is 0. The Bertz CT molecular complexity index is 632. The van der Waals surface area contributed by atoms with Crippen LogP contribution >= 0.6 is 0 Å². The van der Waals surface area contributed by atoms with E-state index in [1.165, 1.54) is 0 Å². The van der Waals surface area contributed by atoms with Gasteiger partial charge in [-0.25, -0.2) is 4.98 Å². The molecule has 2 heterocycles. The first-order valence-electron chi connectivity index (χ1n) is 7.14. The normalized spacial score (nSPS) is 19.6. The lowest BCUT2D eigenvalue weighted by molar-refractivity contribution is -0.124. The van der Waals surface area contributed by atoms with Gasteiger partial charge in [-0.3, -0.25) is 4.79 Å². The minimum Gasteiger partial charge on any atom is -0.353 e. The molecule has 2 N–H and O–H groups in total. The molecule has 1 saturated heterocycles. The van der Waals surface area contributed by atoms with E-state index in [1.54, 1.807) is 0 Å². The molecule has 0 spiro atoms. The zero-order valence-electron chi connectivity index (χ0n) is 11.9. The molecule has 20 heavy (non-hydrogen) atoms. The maximum Gasteiger partial charge on any atom is 0.237 e. The summed E-state index contributed by atoms with van der Waals surface area (Å²) in [6.45, 7) is 5.81. The molecule has 1 aliphatic rings. The van der Waals surface area contributed by atoms with Gasteiger partial charge in [0, 0.05) is 25.6 Å². The molecule has 3 rings (SSSR count). The van der Waals surface area contributed by atoms with Gasteiger partial charge < -0.3 is 15.2 Å². The molecule has 1 aromatic carbocycles. The summed E-state index contributed by atoms with van der Waals surface area (Å²) in [6.07, 6.45) is 0.624. The van der Waals surface area contributed by atoms with Gasteiger partial charge in [0.25, 0.3) is 0 Å². The number of hydrogen-bond acceptors (Lipinski definition) is 3. The summed E-state index contributed by atoms with van der Waals surface area (Å²) < 4.78 is 2.22. The fourth-order valence-electron chi connectivity index (χ4n) is 2.81. The van der Waals surface area contributed by atoms with Gasteiger partial charge in [0.2, 0.25) is 5.91 Å². The number of nitrogens with zero attached hydrogens (tertiary/aromatic N) is 2. The van der Waals surface area contributed by atoms with Gasteiger partial charge in [0.1, 0.15) is 5.82 Å². The Labute approximate surface area is 118 Å². The van der Waals surface area contributed by atoms with E-state index in [9.17, 15) is 4.79 Å². The number of fused-ring (bicyclic) bond motifs is 1. The monoisotopic (exact) mass is 272 g/mol. The Kier molecular flexibility index (Phi) is 3.44. The van der Waals surface area contributed by atoms with Crippen LogP contribution in [0.1, 0.15) is 25.7 Å². The standard InChI is InChI=1S/C15H20N4O/c1-10(2)19-13-6-4-3-5-11(13)18-14(19)9-12-15(20)17-8-7-16-12/h3-6,10,12,16H,7-9H2,1-2H3,(H,17,20). The Morgan fingerprint density at radius 3 is 2.90 bits per heavy atom. The third kappa shape index (κ3) is 2.29. The second-order valence-electron chi connectivity index (χ2n) is 5.48. The number of hydrogen-bond donors (Lipinski definition) is 2. The molecular formula is C15H20N4O. The number of nitrogens with one attached hydrogen (secondary N) is 2. The van der Waals surface area contributed by atoms with Crippen LogP contribution in [-0.2, 0) is 11.2 Å². The average molecular weight is 272 g/mol. The topological polar surface area (TPSA) is 59.0 Å². The van der Waals surface area contributed by atoms with Crippen LogP contribution < -0.4 is 10.6 Å². The fourth-order valence-corrected chi connectivity index (χ4v) is 2.81. The van der Waals surface area contributed by atoms with Crippen molar-refractivity contribution in [2.75, 3.05) is 13.1 Å². The van der Waals surface area contributed by atoms with Crippen molar-refractivity contribution in [2.24, 2.45) is 0 Å². The molecule has 0 aliphatic carbocycles. The molecule has 0 bridgehead atoms. The second kappa shape index (κ2) is 5.25. The number of amides is 1.